The van der Waals surface area contributed by atoms with Crippen molar-refractivity contribution in [3.63, 3.8) is 0 Å². The summed E-state index contributed by atoms with van der Waals surface area (Å²) in [6, 6.07) is 4.00. The summed E-state index contributed by atoms with van der Waals surface area (Å²) in [6.45, 7) is 8.42. The van der Waals surface area contributed by atoms with Crippen molar-refractivity contribution in [3.05, 3.63) is 41.7 Å². The minimum Gasteiger partial charge on any atom is -0.363 e. The van der Waals surface area contributed by atoms with E-state index in [4.69, 9.17) is 0 Å². The number of aromatic nitrogens is 3. The van der Waals surface area contributed by atoms with E-state index in [-0.39, 0.29) is 17.1 Å². The fourth-order valence-electron chi connectivity index (χ4n) is 2.89. The molecule has 0 atom stereocenters. The highest BCUT2D eigenvalue weighted by atomic mass is 19.1. The molecule has 0 bridgehead atoms. The van der Waals surface area contributed by atoms with E-state index in [1.165, 1.54) is 19.2 Å². The third-order valence-corrected chi connectivity index (χ3v) is 4.20. The highest BCUT2D eigenvalue weighted by molar-refractivity contribution is 5.44. The van der Waals surface area contributed by atoms with Crippen LogP contribution in [-0.4, -0.2) is 28.0 Å². The Labute approximate surface area is 142 Å². The SMILES string of the molecule is CC(C)(C)c1ncnc(NCc2ccnc(N3CCCC3)c2)c1F. The van der Waals surface area contributed by atoms with Crippen LogP contribution in [-0.2, 0) is 12.0 Å². The Morgan fingerprint density at radius 3 is 2.62 bits per heavy atom. The van der Waals surface area contributed by atoms with Gasteiger partial charge in [0.1, 0.15) is 12.1 Å². The van der Waals surface area contributed by atoms with Gasteiger partial charge in [0.15, 0.2) is 11.6 Å². The van der Waals surface area contributed by atoms with E-state index in [1.807, 2.05) is 33.0 Å². The third kappa shape index (κ3) is 3.63. The molecule has 3 heterocycles. The summed E-state index contributed by atoms with van der Waals surface area (Å²) in [7, 11) is 0. The van der Waals surface area contributed by atoms with Crippen molar-refractivity contribution in [2.24, 2.45) is 0 Å². The zero-order chi connectivity index (χ0) is 17.2. The van der Waals surface area contributed by atoms with Crippen LogP contribution in [0.1, 0.15) is 44.9 Å². The van der Waals surface area contributed by atoms with Gasteiger partial charge in [-0.3, -0.25) is 0 Å². The van der Waals surface area contributed by atoms with Crippen LogP contribution in [0, 0.1) is 5.82 Å². The molecule has 0 saturated carbocycles. The number of nitrogens with zero attached hydrogens (tertiary/aromatic N) is 4. The van der Waals surface area contributed by atoms with Crippen LogP contribution in [0.3, 0.4) is 0 Å². The molecule has 1 aliphatic heterocycles. The van der Waals surface area contributed by atoms with Crippen LogP contribution in [0.4, 0.5) is 16.0 Å². The molecule has 1 aliphatic rings. The predicted molar refractivity (Wildman–Crippen MR) is 93.7 cm³/mol. The van der Waals surface area contributed by atoms with Gasteiger partial charge in [0, 0.05) is 31.2 Å². The van der Waals surface area contributed by atoms with Crippen molar-refractivity contribution in [1.82, 2.24) is 15.0 Å². The molecule has 0 spiro atoms. The quantitative estimate of drug-likeness (QED) is 0.930. The Morgan fingerprint density at radius 2 is 1.92 bits per heavy atom. The van der Waals surface area contributed by atoms with Crippen molar-refractivity contribution in [2.75, 3.05) is 23.3 Å². The zero-order valence-electron chi connectivity index (χ0n) is 14.5. The first-order valence-electron chi connectivity index (χ1n) is 8.40. The Balaban J connectivity index is 1.73. The predicted octanol–water partition coefficient (Wildman–Crippen LogP) is 3.52. The smallest absolute Gasteiger partial charge is 0.187 e. The number of hydrogen-bond donors (Lipinski definition) is 1. The second-order valence-electron chi connectivity index (χ2n) is 7.20. The second kappa shape index (κ2) is 6.71. The number of rotatable bonds is 4. The lowest BCUT2D eigenvalue weighted by Gasteiger charge is -2.19. The molecule has 0 aromatic carbocycles. The van der Waals surface area contributed by atoms with Gasteiger partial charge in [-0.15, -0.1) is 0 Å². The van der Waals surface area contributed by atoms with Crippen molar-refractivity contribution >= 4 is 11.6 Å². The molecule has 3 rings (SSSR count). The molecular formula is C18H24FN5. The average molecular weight is 329 g/mol. The van der Waals surface area contributed by atoms with E-state index in [0.717, 1.165) is 24.5 Å². The highest BCUT2D eigenvalue weighted by Crippen LogP contribution is 2.26. The van der Waals surface area contributed by atoms with E-state index in [0.29, 0.717) is 12.2 Å². The van der Waals surface area contributed by atoms with Gasteiger partial charge in [-0.2, -0.15) is 0 Å². The lowest BCUT2D eigenvalue weighted by Crippen LogP contribution is -2.19. The normalized spacial score (nSPS) is 14.9. The van der Waals surface area contributed by atoms with Crippen LogP contribution in [0.25, 0.3) is 0 Å². The molecule has 0 amide bonds. The van der Waals surface area contributed by atoms with Crippen molar-refractivity contribution < 1.29 is 4.39 Å². The summed E-state index contributed by atoms with van der Waals surface area (Å²) in [5, 5.41) is 3.09. The van der Waals surface area contributed by atoms with Gasteiger partial charge < -0.3 is 10.2 Å². The highest BCUT2D eigenvalue weighted by Gasteiger charge is 2.23. The van der Waals surface area contributed by atoms with Gasteiger partial charge in [0.2, 0.25) is 0 Å². The molecule has 1 saturated heterocycles. The topological polar surface area (TPSA) is 53.9 Å². The molecule has 5 nitrogen and oxygen atoms in total. The minimum absolute atomic E-state index is 0.245. The largest absolute Gasteiger partial charge is 0.363 e. The molecule has 0 radical (unpaired) electrons. The van der Waals surface area contributed by atoms with Gasteiger partial charge in [-0.05, 0) is 30.5 Å². The average Bonchev–Trinajstić information content (AvgIpc) is 3.07. The van der Waals surface area contributed by atoms with Crippen LogP contribution in [0.2, 0.25) is 0 Å². The molecule has 24 heavy (non-hydrogen) atoms. The number of hydrogen-bond acceptors (Lipinski definition) is 5. The van der Waals surface area contributed by atoms with E-state index < -0.39 is 0 Å². The molecule has 1 fully saturated rings. The van der Waals surface area contributed by atoms with E-state index in [1.54, 1.807) is 0 Å². The number of pyridine rings is 1. The summed E-state index contributed by atoms with van der Waals surface area (Å²) < 4.78 is 14.6. The molecule has 128 valence electrons. The van der Waals surface area contributed by atoms with E-state index in [9.17, 15) is 4.39 Å². The van der Waals surface area contributed by atoms with Crippen LogP contribution in [0.5, 0.6) is 0 Å². The van der Waals surface area contributed by atoms with Gasteiger partial charge in [0.05, 0.1) is 5.69 Å². The van der Waals surface area contributed by atoms with Crippen molar-refractivity contribution in [1.29, 1.82) is 0 Å². The first kappa shape index (κ1) is 16.6. The number of nitrogens with one attached hydrogen (secondary N) is 1. The monoisotopic (exact) mass is 329 g/mol. The lowest BCUT2D eigenvalue weighted by molar-refractivity contribution is 0.500. The van der Waals surface area contributed by atoms with Gasteiger partial charge in [0.25, 0.3) is 0 Å². The summed E-state index contributed by atoms with van der Waals surface area (Å²) in [5.74, 6) is 0.860. The molecule has 6 heteroatoms. The summed E-state index contributed by atoms with van der Waals surface area (Å²) in [6.07, 6.45) is 5.65. The third-order valence-electron chi connectivity index (χ3n) is 4.20. The number of halogens is 1. The Kier molecular flexibility index (Phi) is 4.64. The fourth-order valence-corrected chi connectivity index (χ4v) is 2.89. The zero-order valence-corrected chi connectivity index (χ0v) is 14.5. The fraction of sp³-hybridized carbons (Fsp3) is 0.500. The first-order chi connectivity index (χ1) is 11.4. The Morgan fingerprint density at radius 1 is 1.17 bits per heavy atom. The second-order valence-corrected chi connectivity index (χ2v) is 7.20. The van der Waals surface area contributed by atoms with Crippen molar-refractivity contribution in [3.8, 4) is 0 Å². The Bertz CT molecular complexity index is 705. The molecule has 2 aromatic rings. The summed E-state index contributed by atoms with van der Waals surface area (Å²) in [4.78, 5) is 14.9. The maximum atomic E-state index is 14.6. The molecule has 2 aromatic heterocycles. The van der Waals surface area contributed by atoms with Gasteiger partial charge in [-0.25, -0.2) is 19.3 Å². The van der Waals surface area contributed by atoms with Crippen LogP contribution >= 0.6 is 0 Å². The Hall–Kier alpha value is -2.24. The maximum Gasteiger partial charge on any atom is 0.187 e. The maximum absolute atomic E-state index is 14.6. The van der Waals surface area contributed by atoms with Crippen molar-refractivity contribution in [2.45, 2.75) is 45.6 Å². The molecule has 1 N–H and O–H groups in total. The van der Waals surface area contributed by atoms with E-state index >= 15 is 0 Å². The summed E-state index contributed by atoms with van der Waals surface area (Å²) in [5.41, 5.74) is 1.12. The van der Waals surface area contributed by atoms with Crippen LogP contribution < -0.4 is 10.2 Å². The molecule has 0 unspecified atom stereocenters. The van der Waals surface area contributed by atoms with Crippen LogP contribution in [0.15, 0.2) is 24.7 Å². The van der Waals surface area contributed by atoms with Gasteiger partial charge in [-0.1, -0.05) is 20.8 Å². The van der Waals surface area contributed by atoms with E-state index in [2.05, 4.69) is 31.2 Å². The molecule has 0 aliphatic carbocycles. The molecular weight excluding hydrogens is 305 g/mol. The number of anilines is 2. The lowest BCUT2D eigenvalue weighted by atomic mass is 9.91. The first-order valence-corrected chi connectivity index (χ1v) is 8.40. The van der Waals surface area contributed by atoms with Gasteiger partial charge >= 0.3 is 0 Å². The minimum atomic E-state index is -0.376. The standard InChI is InChI=1S/C18H24FN5/c1-18(2,3)16-15(19)17(23-12-22-16)21-11-13-6-7-20-14(10-13)24-8-4-5-9-24/h6-7,10,12H,4-5,8-9,11H2,1-3H3,(H,21,22,23). The summed E-state index contributed by atoms with van der Waals surface area (Å²) >= 11 is 0.